The minimum Gasteiger partial charge on any atom is -0.325 e. The summed E-state index contributed by atoms with van der Waals surface area (Å²) >= 11 is 0. The van der Waals surface area contributed by atoms with Gasteiger partial charge >= 0.3 is 6.18 Å². The molecule has 0 aliphatic heterocycles. The van der Waals surface area contributed by atoms with Crippen LogP contribution in [0.4, 0.5) is 18.9 Å². The molecule has 0 saturated heterocycles. The van der Waals surface area contributed by atoms with Gasteiger partial charge in [-0.3, -0.25) is 4.79 Å². The van der Waals surface area contributed by atoms with Crippen molar-refractivity contribution in [1.82, 2.24) is 9.78 Å². The van der Waals surface area contributed by atoms with Crippen LogP contribution in [0.5, 0.6) is 0 Å². The molecule has 5 nitrogen and oxygen atoms in total. The molecule has 0 aliphatic rings. The van der Waals surface area contributed by atoms with Gasteiger partial charge in [-0.1, -0.05) is 6.92 Å². The minimum atomic E-state index is -4.49. The highest BCUT2D eigenvalue weighted by Gasteiger charge is 2.35. The lowest BCUT2D eigenvalue weighted by atomic mass is 10.2. The Bertz CT molecular complexity index is 649. The normalized spacial score (nSPS) is 13.0. The molecule has 2 rings (SSSR count). The summed E-state index contributed by atoms with van der Waals surface area (Å²) in [6, 6.07) is 6.15. The summed E-state index contributed by atoms with van der Waals surface area (Å²) < 4.78 is 39.2. The molecule has 1 atom stereocenters. The molecule has 0 aliphatic carbocycles. The van der Waals surface area contributed by atoms with E-state index in [1.165, 1.54) is 24.3 Å². The number of aromatic nitrogens is 2. The smallest absolute Gasteiger partial charge is 0.325 e. The topological polar surface area (TPSA) is 72.9 Å². The Morgan fingerprint density at radius 1 is 1.32 bits per heavy atom. The van der Waals surface area contributed by atoms with Crippen molar-refractivity contribution in [3.63, 3.8) is 0 Å². The van der Waals surface area contributed by atoms with Crippen molar-refractivity contribution in [1.29, 1.82) is 0 Å². The third kappa shape index (κ3) is 3.45. The molecule has 1 aromatic heterocycles. The molecule has 2 aromatic rings. The highest BCUT2D eigenvalue weighted by Crippen LogP contribution is 2.30. The predicted octanol–water partition coefficient (Wildman–Crippen LogP) is 2.57. The van der Waals surface area contributed by atoms with E-state index in [1.54, 1.807) is 6.92 Å². The molecule has 0 unspecified atom stereocenters. The first-order chi connectivity index (χ1) is 10.3. The Morgan fingerprint density at radius 2 is 1.95 bits per heavy atom. The predicted molar refractivity (Wildman–Crippen MR) is 75.5 cm³/mol. The maximum absolute atomic E-state index is 12.8. The van der Waals surface area contributed by atoms with Crippen molar-refractivity contribution in [3.8, 4) is 5.69 Å². The number of nitrogens with two attached hydrogens (primary N) is 1. The molecule has 8 heteroatoms. The maximum Gasteiger partial charge on any atom is 0.433 e. The van der Waals surface area contributed by atoms with Crippen LogP contribution in [0.3, 0.4) is 0 Å². The molecule has 1 aromatic carbocycles. The van der Waals surface area contributed by atoms with Crippen molar-refractivity contribution in [2.45, 2.75) is 25.6 Å². The zero-order valence-electron chi connectivity index (χ0n) is 11.8. The third-order valence-corrected chi connectivity index (χ3v) is 3.09. The van der Waals surface area contributed by atoms with Crippen molar-refractivity contribution in [2.24, 2.45) is 5.73 Å². The van der Waals surface area contributed by atoms with Crippen LogP contribution in [-0.4, -0.2) is 21.7 Å². The zero-order valence-corrected chi connectivity index (χ0v) is 11.8. The number of halogens is 3. The van der Waals surface area contributed by atoms with E-state index >= 15 is 0 Å². The monoisotopic (exact) mass is 312 g/mol. The quantitative estimate of drug-likeness (QED) is 0.911. The summed E-state index contributed by atoms with van der Waals surface area (Å²) in [4.78, 5) is 11.6. The van der Waals surface area contributed by atoms with Gasteiger partial charge in [-0.25, -0.2) is 4.68 Å². The number of hydrogen-bond acceptors (Lipinski definition) is 3. The number of anilines is 1. The number of rotatable bonds is 4. The summed E-state index contributed by atoms with van der Waals surface area (Å²) in [5, 5.41) is 6.27. The second-order valence-electron chi connectivity index (χ2n) is 4.68. The summed E-state index contributed by atoms with van der Waals surface area (Å²) in [6.45, 7) is 1.78. The standard InChI is InChI=1S/C14H15F3N4O/c1-2-11(18)13(22)20-9-3-5-10(6-4-9)21-12(7-8-19-21)14(15,16)17/h3-8,11H,2,18H2,1H3,(H,20,22)/t11-/m0/s1. The van der Waals surface area contributed by atoms with Crippen LogP contribution in [-0.2, 0) is 11.0 Å². The lowest BCUT2D eigenvalue weighted by molar-refractivity contribution is -0.142. The Balaban J connectivity index is 2.20. The van der Waals surface area contributed by atoms with Crippen LogP contribution >= 0.6 is 0 Å². The molecule has 1 amide bonds. The van der Waals surface area contributed by atoms with E-state index in [0.717, 1.165) is 16.9 Å². The number of alkyl halides is 3. The summed E-state index contributed by atoms with van der Waals surface area (Å²) in [5.74, 6) is -0.342. The van der Waals surface area contributed by atoms with E-state index in [1.807, 2.05) is 0 Å². The SMILES string of the molecule is CC[C@H](N)C(=O)Nc1ccc(-n2nccc2C(F)(F)F)cc1. The van der Waals surface area contributed by atoms with Crippen molar-refractivity contribution in [3.05, 3.63) is 42.2 Å². The van der Waals surface area contributed by atoms with Crippen LogP contribution in [0, 0.1) is 0 Å². The van der Waals surface area contributed by atoms with Gasteiger partial charge in [0.15, 0.2) is 0 Å². The molecular weight excluding hydrogens is 297 g/mol. The second-order valence-corrected chi connectivity index (χ2v) is 4.68. The average Bonchev–Trinajstić information content (AvgIpc) is 2.96. The van der Waals surface area contributed by atoms with E-state index in [-0.39, 0.29) is 11.6 Å². The Hall–Kier alpha value is -2.35. The van der Waals surface area contributed by atoms with Crippen LogP contribution in [0.25, 0.3) is 5.69 Å². The fourth-order valence-electron chi connectivity index (χ4n) is 1.83. The van der Waals surface area contributed by atoms with Gasteiger partial charge in [0.05, 0.1) is 17.9 Å². The number of benzene rings is 1. The van der Waals surface area contributed by atoms with E-state index in [0.29, 0.717) is 12.1 Å². The van der Waals surface area contributed by atoms with Gasteiger partial charge in [-0.2, -0.15) is 18.3 Å². The number of amides is 1. The van der Waals surface area contributed by atoms with Crippen LogP contribution in [0.15, 0.2) is 36.5 Å². The van der Waals surface area contributed by atoms with E-state index < -0.39 is 17.9 Å². The highest BCUT2D eigenvalue weighted by atomic mass is 19.4. The van der Waals surface area contributed by atoms with Crippen LogP contribution in [0.1, 0.15) is 19.0 Å². The zero-order chi connectivity index (χ0) is 16.3. The summed E-state index contributed by atoms with van der Waals surface area (Å²) in [5.41, 5.74) is 5.43. The lowest BCUT2D eigenvalue weighted by Gasteiger charge is -2.12. The summed E-state index contributed by atoms with van der Waals surface area (Å²) in [6.07, 6.45) is -2.91. The average molecular weight is 312 g/mol. The van der Waals surface area contributed by atoms with Crippen molar-refractivity contribution >= 4 is 11.6 Å². The molecule has 1 heterocycles. The largest absolute Gasteiger partial charge is 0.433 e. The Kier molecular flexibility index (Phi) is 4.51. The third-order valence-electron chi connectivity index (χ3n) is 3.09. The number of carbonyl (C=O) groups is 1. The first kappa shape index (κ1) is 16.0. The van der Waals surface area contributed by atoms with Gasteiger partial charge in [0.2, 0.25) is 5.91 Å². The fraction of sp³-hybridized carbons (Fsp3) is 0.286. The highest BCUT2D eigenvalue weighted by molar-refractivity contribution is 5.94. The number of hydrogen-bond donors (Lipinski definition) is 2. The minimum absolute atomic E-state index is 0.245. The maximum atomic E-state index is 12.8. The first-order valence-electron chi connectivity index (χ1n) is 6.61. The molecule has 0 radical (unpaired) electrons. The van der Waals surface area contributed by atoms with E-state index in [4.69, 9.17) is 5.73 Å². The lowest BCUT2D eigenvalue weighted by Crippen LogP contribution is -2.34. The molecule has 3 N–H and O–H groups in total. The van der Waals surface area contributed by atoms with Crippen molar-refractivity contribution < 1.29 is 18.0 Å². The Labute approximate surface area is 124 Å². The number of nitrogens with one attached hydrogen (secondary N) is 1. The molecule has 118 valence electrons. The molecule has 0 saturated carbocycles. The number of carbonyl (C=O) groups excluding carboxylic acids is 1. The number of nitrogens with zero attached hydrogens (tertiary/aromatic N) is 2. The summed E-state index contributed by atoms with van der Waals surface area (Å²) in [7, 11) is 0. The van der Waals surface area contributed by atoms with Gasteiger partial charge < -0.3 is 11.1 Å². The van der Waals surface area contributed by atoms with Crippen LogP contribution in [0.2, 0.25) is 0 Å². The van der Waals surface area contributed by atoms with Gasteiger partial charge in [-0.05, 0) is 36.8 Å². The first-order valence-corrected chi connectivity index (χ1v) is 6.61. The van der Waals surface area contributed by atoms with Crippen molar-refractivity contribution in [2.75, 3.05) is 5.32 Å². The van der Waals surface area contributed by atoms with Gasteiger partial charge in [0, 0.05) is 5.69 Å². The van der Waals surface area contributed by atoms with Gasteiger partial charge in [0.25, 0.3) is 0 Å². The molecule has 0 fully saturated rings. The van der Waals surface area contributed by atoms with E-state index in [9.17, 15) is 18.0 Å². The molecule has 0 spiro atoms. The Morgan fingerprint density at radius 3 is 2.50 bits per heavy atom. The van der Waals surface area contributed by atoms with Crippen LogP contribution < -0.4 is 11.1 Å². The molecular formula is C14H15F3N4O. The molecule has 22 heavy (non-hydrogen) atoms. The van der Waals surface area contributed by atoms with Gasteiger partial charge in [-0.15, -0.1) is 0 Å². The van der Waals surface area contributed by atoms with E-state index in [2.05, 4.69) is 10.4 Å². The van der Waals surface area contributed by atoms with Gasteiger partial charge in [0.1, 0.15) is 5.69 Å². The second kappa shape index (κ2) is 6.18. The fourth-order valence-corrected chi connectivity index (χ4v) is 1.83. The molecule has 0 bridgehead atoms.